The molecule has 0 heterocycles. The normalized spacial score (nSPS) is 8.56. The number of unbranched alkanes of at least 4 members (excludes halogenated alkanes) is 1. The fourth-order valence-electron chi connectivity index (χ4n) is 0.326. The van der Waals surface area contributed by atoms with Crippen LogP contribution >= 0.6 is 0 Å². The third kappa shape index (κ3) is 5.07. The summed E-state index contributed by atoms with van der Waals surface area (Å²) in [5.74, 6) is -0.191. The Hall–Kier alpha value is -0.790. The fourth-order valence-corrected chi connectivity index (χ4v) is 0.326. The summed E-state index contributed by atoms with van der Waals surface area (Å²) >= 11 is 0. The van der Waals surface area contributed by atoms with E-state index in [1.54, 1.807) is 0 Å². The van der Waals surface area contributed by atoms with Crippen LogP contribution in [0.4, 0.5) is 0 Å². The fraction of sp³-hybridized carbons (Fsp3) is 0.429. The Morgan fingerprint density at radius 2 is 2.56 bits per heavy atom. The summed E-state index contributed by atoms with van der Waals surface area (Å²) in [5.41, 5.74) is 0. The summed E-state index contributed by atoms with van der Waals surface area (Å²) in [6, 6.07) is 0. The Balaban J connectivity index is 3.07. The van der Waals surface area contributed by atoms with Crippen LogP contribution in [-0.2, 0) is 4.79 Å². The molecule has 0 saturated heterocycles. The van der Waals surface area contributed by atoms with Crippen molar-refractivity contribution < 1.29 is 4.79 Å². The number of carbonyl (C=O) groups excluding carboxylic acids is 1. The van der Waals surface area contributed by atoms with Gasteiger partial charge in [-0.1, -0.05) is 19.9 Å². The van der Waals surface area contributed by atoms with E-state index in [0.29, 0.717) is 0 Å². The van der Waals surface area contributed by atoms with Gasteiger partial charge in [0, 0.05) is 0 Å². The number of hydrogen-bond acceptors (Lipinski definition) is 1. The van der Waals surface area contributed by atoms with Gasteiger partial charge < -0.3 is 5.32 Å². The highest BCUT2D eigenvalue weighted by Crippen LogP contribution is 1.86. The highest BCUT2D eigenvalue weighted by Gasteiger charge is 1.90. The van der Waals surface area contributed by atoms with Crippen molar-refractivity contribution in [1.82, 2.24) is 5.32 Å². The molecule has 2 heteroatoms. The zero-order chi connectivity index (χ0) is 7.11. The highest BCUT2D eigenvalue weighted by atomic mass is 16.1. The second-order valence-electron chi connectivity index (χ2n) is 1.62. The molecule has 0 aliphatic carbocycles. The Kier molecular flexibility index (Phi) is 4.88. The molecule has 9 heavy (non-hydrogen) atoms. The molecule has 0 spiro atoms. The number of hydrogen-bond donors (Lipinski definition) is 1. The molecule has 0 saturated carbocycles. The number of nitrogens with one attached hydrogen (secondary N) is 1. The van der Waals surface area contributed by atoms with Crippen molar-refractivity contribution in [2.24, 2.45) is 0 Å². The lowest BCUT2D eigenvalue weighted by atomic mass is 10.3. The molecule has 0 aliphatic rings. The molecule has 0 aromatic heterocycles. The lowest BCUT2D eigenvalue weighted by molar-refractivity contribution is -0.115. The Morgan fingerprint density at radius 1 is 1.89 bits per heavy atom. The Bertz CT molecular complexity index is 99.1. The van der Waals surface area contributed by atoms with Crippen LogP contribution in [0.3, 0.4) is 0 Å². The van der Waals surface area contributed by atoms with Gasteiger partial charge in [0.2, 0.25) is 5.91 Å². The molecule has 2 nitrogen and oxygen atoms in total. The van der Waals surface area contributed by atoms with Gasteiger partial charge in [-0.2, -0.15) is 0 Å². The molecule has 50 valence electrons. The maximum atomic E-state index is 10.4. The van der Waals surface area contributed by atoms with E-state index in [1.165, 1.54) is 6.08 Å². The molecule has 0 atom stereocenters. The van der Waals surface area contributed by atoms with Gasteiger partial charge in [-0.25, -0.2) is 0 Å². The summed E-state index contributed by atoms with van der Waals surface area (Å²) in [6.07, 6.45) is 3.01. The zero-order valence-electron chi connectivity index (χ0n) is 5.61. The molecule has 0 bridgehead atoms. The van der Waals surface area contributed by atoms with Gasteiger partial charge in [-0.3, -0.25) is 4.79 Å². The first-order valence-corrected chi connectivity index (χ1v) is 2.96. The van der Waals surface area contributed by atoms with Crippen LogP contribution < -0.4 is 5.32 Å². The van der Waals surface area contributed by atoms with E-state index in [0.717, 1.165) is 12.8 Å². The first-order valence-electron chi connectivity index (χ1n) is 2.96. The largest absolute Gasteiger partial charge is 0.342 e. The highest BCUT2D eigenvalue weighted by molar-refractivity contribution is 5.87. The molecular formula is C7H11NO. The van der Waals surface area contributed by atoms with Crippen LogP contribution in [-0.4, -0.2) is 5.91 Å². The first-order chi connectivity index (χ1) is 4.31. The van der Waals surface area contributed by atoms with Gasteiger partial charge in [-0.05, 0) is 12.5 Å². The minimum absolute atomic E-state index is 0.191. The predicted octanol–water partition coefficient (Wildman–Crippen LogP) is 1.13. The van der Waals surface area contributed by atoms with E-state index in [2.05, 4.69) is 18.4 Å². The van der Waals surface area contributed by atoms with Gasteiger partial charge in [0.15, 0.2) is 0 Å². The summed E-state index contributed by atoms with van der Waals surface area (Å²) in [6.45, 7) is 8.02. The third-order valence-electron chi connectivity index (χ3n) is 0.772. The Morgan fingerprint density at radius 3 is 3.00 bits per heavy atom. The van der Waals surface area contributed by atoms with Gasteiger partial charge in [0.25, 0.3) is 0 Å². The molecule has 0 rings (SSSR count). The number of amides is 1. The molecule has 1 amide bonds. The summed E-state index contributed by atoms with van der Waals surface area (Å²) in [5, 5.41) is 2.43. The minimum Gasteiger partial charge on any atom is -0.342 e. The number of rotatable bonds is 4. The molecule has 0 aromatic rings. The first kappa shape index (κ1) is 8.21. The monoisotopic (exact) mass is 125 g/mol. The lowest BCUT2D eigenvalue weighted by Crippen LogP contribution is -2.16. The smallest absolute Gasteiger partial charge is 0.243 e. The molecule has 0 unspecified atom stereocenters. The van der Waals surface area contributed by atoms with Crippen molar-refractivity contribution in [3.05, 3.63) is 19.2 Å². The predicted molar refractivity (Wildman–Crippen MR) is 36.5 cm³/mol. The van der Waals surface area contributed by atoms with Crippen molar-refractivity contribution in [3.63, 3.8) is 0 Å². The van der Waals surface area contributed by atoms with Crippen molar-refractivity contribution in [3.8, 4) is 0 Å². The Labute approximate surface area is 56.0 Å². The van der Waals surface area contributed by atoms with E-state index < -0.39 is 0 Å². The molecule has 0 aromatic carbocycles. The van der Waals surface area contributed by atoms with E-state index in [9.17, 15) is 4.79 Å². The minimum atomic E-state index is -0.191. The molecular weight excluding hydrogens is 114 g/mol. The SMILES string of the molecule is C=CC(=O)N[C]CCC. The molecule has 1 N–H and O–H groups in total. The van der Waals surface area contributed by atoms with E-state index in [4.69, 9.17) is 0 Å². The van der Waals surface area contributed by atoms with Crippen LogP contribution in [0.1, 0.15) is 19.8 Å². The van der Waals surface area contributed by atoms with Gasteiger partial charge in [0.05, 0.1) is 6.54 Å². The second-order valence-corrected chi connectivity index (χ2v) is 1.62. The molecule has 0 fully saturated rings. The van der Waals surface area contributed by atoms with E-state index in [1.807, 2.05) is 6.92 Å². The number of carbonyl (C=O) groups is 1. The standard InChI is InChI=1S/C7H11NO/c1-3-5-6-8-7(9)4-2/h4H,2-3,5H2,1H3,(H,8,9). The average molecular weight is 125 g/mol. The van der Waals surface area contributed by atoms with Crippen molar-refractivity contribution >= 4 is 5.91 Å². The van der Waals surface area contributed by atoms with Crippen molar-refractivity contribution in [1.29, 1.82) is 0 Å². The zero-order valence-corrected chi connectivity index (χ0v) is 5.61. The van der Waals surface area contributed by atoms with Gasteiger partial charge in [0.1, 0.15) is 0 Å². The average Bonchev–Trinajstić information content (AvgIpc) is 1.89. The molecule has 0 aliphatic heterocycles. The van der Waals surface area contributed by atoms with Crippen molar-refractivity contribution in [2.75, 3.05) is 0 Å². The topological polar surface area (TPSA) is 29.1 Å². The second kappa shape index (κ2) is 5.35. The summed E-state index contributed by atoms with van der Waals surface area (Å²) < 4.78 is 0. The van der Waals surface area contributed by atoms with Crippen LogP contribution in [0, 0.1) is 6.54 Å². The summed E-state index contributed by atoms with van der Waals surface area (Å²) in [4.78, 5) is 10.4. The van der Waals surface area contributed by atoms with Crippen LogP contribution in [0.15, 0.2) is 12.7 Å². The van der Waals surface area contributed by atoms with Crippen LogP contribution in [0.25, 0.3) is 0 Å². The van der Waals surface area contributed by atoms with Gasteiger partial charge >= 0.3 is 0 Å². The van der Waals surface area contributed by atoms with Crippen molar-refractivity contribution in [2.45, 2.75) is 19.8 Å². The third-order valence-corrected chi connectivity index (χ3v) is 0.772. The van der Waals surface area contributed by atoms with Gasteiger partial charge in [-0.15, -0.1) is 0 Å². The quantitative estimate of drug-likeness (QED) is 0.340. The maximum Gasteiger partial charge on any atom is 0.243 e. The molecule has 2 radical (unpaired) electrons. The maximum absolute atomic E-state index is 10.4. The van der Waals surface area contributed by atoms with E-state index >= 15 is 0 Å². The summed E-state index contributed by atoms with van der Waals surface area (Å²) in [7, 11) is 0. The van der Waals surface area contributed by atoms with E-state index in [-0.39, 0.29) is 5.91 Å². The van der Waals surface area contributed by atoms with Crippen LogP contribution in [0.2, 0.25) is 0 Å². The van der Waals surface area contributed by atoms with Crippen LogP contribution in [0.5, 0.6) is 0 Å². The lowest BCUT2D eigenvalue weighted by Gasteiger charge is -1.95.